The van der Waals surface area contributed by atoms with Crippen molar-refractivity contribution in [1.82, 2.24) is 0 Å². The summed E-state index contributed by atoms with van der Waals surface area (Å²) in [6.45, 7) is 1.80. The first-order chi connectivity index (χ1) is 9.11. The number of hydrogen-bond acceptors (Lipinski definition) is 1. The summed E-state index contributed by atoms with van der Waals surface area (Å²) in [5, 5.41) is 9.47. The Labute approximate surface area is 111 Å². The van der Waals surface area contributed by atoms with Gasteiger partial charge in [-0.3, -0.25) is 0 Å². The Morgan fingerprint density at radius 1 is 1.05 bits per heavy atom. The van der Waals surface area contributed by atoms with Gasteiger partial charge in [0.1, 0.15) is 11.6 Å². The van der Waals surface area contributed by atoms with E-state index in [1.54, 1.807) is 0 Å². The lowest BCUT2D eigenvalue weighted by molar-refractivity contribution is 0.263. The normalized spacial score (nSPS) is 12.4. The molecule has 0 fully saturated rings. The van der Waals surface area contributed by atoms with Crippen LogP contribution < -0.4 is 0 Å². The zero-order chi connectivity index (χ0) is 13.8. The second-order valence-electron chi connectivity index (χ2n) is 4.70. The van der Waals surface area contributed by atoms with Gasteiger partial charge in [0.25, 0.3) is 0 Å². The van der Waals surface area contributed by atoms with Crippen molar-refractivity contribution in [3.8, 4) is 0 Å². The van der Waals surface area contributed by atoms with Crippen LogP contribution in [0.3, 0.4) is 0 Å². The summed E-state index contributed by atoms with van der Waals surface area (Å²) in [4.78, 5) is 0. The van der Waals surface area contributed by atoms with Crippen LogP contribution in [0.1, 0.15) is 22.6 Å². The van der Waals surface area contributed by atoms with Gasteiger partial charge in [-0.15, -0.1) is 0 Å². The number of halogens is 2. The average Bonchev–Trinajstić information content (AvgIpc) is 2.38. The maximum atomic E-state index is 13.6. The second kappa shape index (κ2) is 5.93. The van der Waals surface area contributed by atoms with Crippen LogP contribution in [-0.4, -0.2) is 11.7 Å². The largest absolute Gasteiger partial charge is 0.396 e. The molecule has 0 bridgehead atoms. The Hall–Kier alpha value is -1.74. The Kier molecular flexibility index (Phi) is 4.27. The highest BCUT2D eigenvalue weighted by Gasteiger charge is 2.17. The molecule has 1 N–H and O–H groups in total. The van der Waals surface area contributed by atoms with Crippen LogP contribution in [0.2, 0.25) is 0 Å². The summed E-state index contributed by atoms with van der Waals surface area (Å²) in [6.07, 6.45) is 0.151. The Morgan fingerprint density at radius 3 is 2.26 bits per heavy atom. The molecule has 0 aliphatic carbocycles. The van der Waals surface area contributed by atoms with Gasteiger partial charge in [0.2, 0.25) is 0 Å². The summed E-state index contributed by atoms with van der Waals surface area (Å²) < 4.78 is 27.2. The van der Waals surface area contributed by atoms with Crippen LogP contribution in [0, 0.1) is 18.6 Å². The van der Waals surface area contributed by atoms with E-state index in [2.05, 4.69) is 0 Å². The lowest BCUT2D eigenvalue weighted by atomic mass is 9.91. The molecule has 0 aliphatic heterocycles. The number of hydrogen-bond donors (Lipinski definition) is 1. The summed E-state index contributed by atoms with van der Waals surface area (Å²) in [6, 6.07) is 11.4. The van der Waals surface area contributed by atoms with Crippen molar-refractivity contribution in [2.75, 3.05) is 6.61 Å². The minimum Gasteiger partial charge on any atom is -0.396 e. The van der Waals surface area contributed by atoms with Gasteiger partial charge in [-0.25, -0.2) is 8.78 Å². The highest BCUT2D eigenvalue weighted by Crippen LogP contribution is 2.24. The number of aliphatic hydroxyl groups is 1. The fourth-order valence-electron chi connectivity index (χ4n) is 2.19. The van der Waals surface area contributed by atoms with E-state index in [1.807, 2.05) is 31.2 Å². The standard InChI is InChI=1S/C16H16F2O/c1-11-4-2-5-12(8-11)13(10-19)9-14-15(17)6-3-7-16(14)18/h2-8,13,19H,9-10H2,1H3. The molecule has 1 nitrogen and oxygen atoms in total. The molecule has 1 atom stereocenters. The molecule has 3 heteroatoms. The van der Waals surface area contributed by atoms with Crippen LogP contribution in [0.15, 0.2) is 42.5 Å². The molecule has 0 amide bonds. The second-order valence-corrected chi connectivity index (χ2v) is 4.70. The monoisotopic (exact) mass is 262 g/mol. The fraction of sp³-hybridized carbons (Fsp3) is 0.250. The molecule has 0 spiro atoms. The molecule has 0 aromatic heterocycles. The first-order valence-corrected chi connectivity index (χ1v) is 6.22. The van der Waals surface area contributed by atoms with E-state index < -0.39 is 11.6 Å². The van der Waals surface area contributed by atoms with E-state index >= 15 is 0 Å². The van der Waals surface area contributed by atoms with Gasteiger partial charge in [0.15, 0.2) is 0 Å². The molecule has 0 saturated heterocycles. The first kappa shape index (κ1) is 13.7. The molecular formula is C16H16F2O. The van der Waals surface area contributed by atoms with Gasteiger partial charge in [-0.1, -0.05) is 35.9 Å². The van der Waals surface area contributed by atoms with Crippen LogP contribution in [0.4, 0.5) is 8.78 Å². The quantitative estimate of drug-likeness (QED) is 0.892. The highest BCUT2D eigenvalue weighted by molar-refractivity contribution is 5.29. The Morgan fingerprint density at radius 2 is 1.68 bits per heavy atom. The molecule has 19 heavy (non-hydrogen) atoms. The van der Waals surface area contributed by atoms with Crippen molar-refractivity contribution in [2.45, 2.75) is 19.3 Å². The SMILES string of the molecule is Cc1cccc(C(CO)Cc2c(F)cccc2F)c1. The number of aliphatic hydroxyl groups excluding tert-OH is 1. The third-order valence-electron chi connectivity index (χ3n) is 3.25. The van der Waals surface area contributed by atoms with Crippen molar-refractivity contribution in [1.29, 1.82) is 0 Å². The number of rotatable bonds is 4. The third-order valence-corrected chi connectivity index (χ3v) is 3.25. The maximum absolute atomic E-state index is 13.6. The smallest absolute Gasteiger partial charge is 0.129 e. The zero-order valence-electron chi connectivity index (χ0n) is 10.7. The predicted octanol–water partition coefficient (Wildman–Crippen LogP) is 3.59. The van der Waals surface area contributed by atoms with Crippen molar-refractivity contribution >= 4 is 0 Å². The molecule has 100 valence electrons. The third kappa shape index (κ3) is 3.18. The van der Waals surface area contributed by atoms with E-state index in [1.165, 1.54) is 18.2 Å². The number of benzene rings is 2. The molecule has 0 aliphatic rings. The van der Waals surface area contributed by atoms with Crippen molar-refractivity contribution < 1.29 is 13.9 Å². The van der Waals surface area contributed by atoms with Crippen LogP contribution in [-0.2, 0) is 6.42 Å². The van der Waals surface area contributed by atoms with E-state index in [4.69, 9.17) is 0 Å². The lowest BCUT2D eigenvalue weighted by Gasteiger charge is -2.16. The molecule has 1 unspecified atom stereocenters. The van der Waals surface area contributed by atoms with Crippen LogP contribution in [0.25, 0.3) is 0 Å². The molecule has 0 saturated carbocycles. The summed E-state index contributed by atoms with van der Waals surface area (Å²) in [5.74, 6) is -1.43. The number of aryl methyl sites for hydroxylation is 1. The predicted molar refractivity (Wildman–Crippen MR) is 71.1 cm³/mol. The minimum atomic E-state index is -0.564. The van der Waals surface area contributed by atoms with E-state index in [0.717, 1.165) is 11.1 Å². The maximum Gasteiger partial charge on any atom is 0.129 e. The van der Waals surface area contributed by atoms with Crippen molar-refractivity contribution in [3.63, 3.8) is 0 Å². The fourth-order valence-corrected chi connectivity index (χ4v) is 2.19. The first-order valence-electron chi connectivity index (χ1n) is 6.22. The molecule has 2 aromatic rings. The average molecular weight is 262 g/mol. The summed E-state index contributed by atoms with van der Waals surface area (Å²) >= 11 is 0. The molecular weight excluding hydrogens is 246 g/mol. The summed E-state index contributed by atoms with van der Waals surface area (Å²) in [7, 11) is 0. The molecule has 0 radical (unpaired) electrons. The van der Waals surface area contributed by atoms with Gasteiger partial charge in [0.05, 0.1) is 6.61 Å². The molecule has 0 heterocycles. The van der Waals surface area contributed by atoms with E-state index in [0.29, 0.717) is 0 Å². The molecule has 2 rings (SSSR count). The highest BCUT2D eigenvalue weighted by atomic mass is 19.1. The molecule has 2 aromatic carbocycles. The van der Waals surface area contributed by atoms with Crippen molar-refractivity contribution in [3.05, 3.63) is 70.8 Å². The van der Waals surface area contributed by atoms with Gasteiger partial charge in [0, 0.05) is 11.5 Å². The van der Waals surface area contributed by atoms with Crippen LogP contribution in [0.5, 0.6) is 0 Å². The summed E-state index contributed by atoms with van der Waals surface area (Å²) in [5.41, 5.74) is 1.98. The Balaban J connectivity index is 2.29. The van der Waals surface area contributed by atoms with Crippen molar-refractivity contribution in [2.24, 2.45) is 0 Å². The topological polar surface area (TPSA) is 20.2 Å². The van der Waals surface area contributed by atoms with Gasteiger partial charge < -0.3 is 5.11 Å². The van der Waals surface area contributed by atoms with E-state index in [9.17, 15) is 13.9 Å². The van der Waals surface area contributed by atoms with E-state index in [-0.39, 0.29) is 24.5 Å². The zero-order valence-corrected chi connectivity index (χ0v) is 10.7. The van der Waals surface area contributed by atoms with Gasteiger partial charge >= 0.3 is 0 Å². The van der Waals surface area contributed by atoms with Crippen LogP contribution >= 0.6 is 0 Å². The Bertz CT molecular complexity index is 546. The van der Waals surface area contributed by atoms with Gasteiger partial charge in [-0.05, 0) is 31.0 Å². The minimum absolute atomic E-state index is 0.0306. The van der Waals surface area contributed by atoms with Gasteiger partial charge in [-0.2, -0.15) is 0 Å². The lowest BCUT2D eigenvalue weighted by Crippen LogP contribution is -2.10.